The summed E-state index contributed by atoms with van der Waals surface area (Å²) in [6, 6.07) is 9.84. The number of alkyl halides is 2. The predicted molar refractivity (Wildman–Crippen MR) is 150 cm³/mol. The van der Waals surface area contributed by atoms with E-state index in [2.05, 4.69) is 20.8 Å². The van der Waals surface area contributed by atoms with Crippen LogP contribution in [0.5, 0.6) is 0 Å². The Morgan fingerprint density at radius 1 is 1.17 bits per heavy atom. The van der Waals surface area contributed by atoms with Crippen LogP contribution in [0.3, 0.4) is 0 Å². The van der Waals surface area contributed by atoms with Crippen LogP contribution >= 0.6 is 23.2 Å². The highest BCUT2D eigenvalue weighted by molar-refractivity contribution is 6.34. The number of esters is 1. The molecule has 2 aromatic heterocycles. The number of hydrogen-bond acceptors (Lipinski definition) is 6. The molecule has 0 fully saturated rings. The molecule has 1 unspecified atom stereocenters. The van der Waals surface area contributed by atoms with Crippen molar-refractivity contribution in [3.63, 3.8) is 0 Å². The van der Waals surface area contributed by atoms with Gasteiger partial charge in [-0.1, -0.05) is 29.3 Å². The summed E-state index contributed by atoms with van der Waals surface area (Å²) in [4.78, 5) is 50.5. The minimum Gasteiger partial charge on any atom is -0.481 e. The zero-order valence-corrected chi connectivity index (χ0v) is 23.9. The third kappa shape index (κ3) is 11.1. The number of methoxy groups -OCH3 is 1. The number of carboxylic acid groups (broad SMARTS) is 1. The van der Waals surface area contributed by atoms with E-state index in [9.17, 15) is 33.1 Å². The molecule has 3 rings (SSSR count). The number of aliphatic carboxylic acids is 1. The normalized spacial score (nSPS) is 11.5. The van der Waals surface area contributed by atoms with Gasteiger partial charge in [0.25, 0.3) is 11.5 Å². The number of carbonyl (C=O) groups excluding carboxylic acids is 2. The Kier molecular flexibility index (Phi) is 13.9. The zero-order valence-electron chi connectivity index (χ0n) is 22.4. The first-order valence-electron chi connectivity index (χ1n) is 11.8. The number of nitrogens with two attached hydrogens (primary N) is 1. The number of fused-ring (bicyclic) bond motifs is 1. The number of rotatable bonds is 8. The van der Waals surface area contributed by atoms with Crippen molar-refractivity contribution < 1.29 is 38.7 Å². The molecule has 41 heavy (non-hydrogen) atoms. The van der Waals surface area contributed by atoms with Crippen molar-refractivity contribution in [2.75, 3.05) is 14.2 Å². The lowest BCUT2D eigenvalue weighted by Crippen LogP contribution is -2.40. The third-order valence-corrected chi connectivity index (χ3v) is 5.45. The molecule has 0 radical (unpaired) electrons. The number of amides is 1. The van der Waals surface area contributed by atoms with Crippen LogP contribution in [0.4, 0.5) is 8.78 Å². The van der Waals surface area contributed by atoms with E-state index in [0.29, 0.717) is 34.6 Å². The number of ether oxygens (including phenoxy) is 1. The lowest BCUT2D eigenvalue weighted by Gasteiger charge is -2.18. The average Bonchev–Trinajstić information content (AvgIpc) is 2.91. The van der Waals surface area contributed by atoms with E-state index in [4.69, 9.17) is 28.9 Å². The van der Waals surface area contributed by atoms with E-state index in [1.807, 2.05) is 0 Å². The summed E-state index contributed by atoms with van der Waals surface area (Å²) in [5.41, 5.74) is 9.89. The van der Waals surface area contributed by atoms with Gasteiger partial charge in [-0.2, -0.15) is 8.78 Å². The number of hydrogen-bond donors (Lipinski definition) is 4. The Morgan fingerprint density at radius 3 is 2.27 bits per heavy atom. The highest BCUT2D eigenvalue weighted by atomic mass is 35.5. The summed E-state index contributed by atoms with van der Waals surface area (Å²) < 4.78 is 28.4. The molecule has 3 aromatic rings. The van der Waals surface area contributed by atoms with E-state index in [1.54, 1.807) is 25.4 Å². The highest BCUT2D eigenvalue weighted by Crippen LogP contribution is 2.26. The van der Waals surface area contributed by atoms with Crippen molar-refractivity contribution in [2.45, 2.75) is 31.9 Å². The molecule has 7 N–H and O–H groups in total. The molecule has 15 heteroatoms. The standard InChI is InChI=1S/C21H18Cl2N4O4.C4H6F2O2.CH5N/c22-15-3-13(4-16(23)7-15)18(8-20(29)30)26-21(31)14-5-17-2-1-12(9-25-11-24)10-27(17)19(28)6-14;1-4(5,6)3(7)8-2;1-2/h1-7,10-11,18H,8-9H2,(H2,24,25)(H,26,31)(H,29,30);1-2H3;2H2,1H3/p+1. The lowest BCUT2D eigenvalue weighted by atomic mass is 10.0. The molecule has 0 aliphatic heterocycles. The topological polar surface area (TPSA) is 180 Å². The molecular formula is C26H30Cl2F2N5O6+. The summed E-state index contributed by atoms with van der Waals surface area (Å²) in [6.45, 7) is 0.805. The minimum absolute atomic E-state index is 0.0984. The first-order valence-corrected chi connectivity index (χ1v) is 12.5. The Labute approximate surface area is 243 Å². The number of nitrogens with one attached hydrogen (secondary N) is 1. The molecule has 0 spiro atoms. The van der Waals surface area contributed by atoms with Crippen molar-refractivity contribution in [3.05, 3.63) is 85.8 Å². The van der Waals surface area contributed by atoms with Gasteiger partial charge < -0.3 is 26.6 Å². The van der Waals surface area contributed by atoms with Gasteiger partial charge in [-0.3, -0.25) is 23.8 Å². The molecule has 11 nitrogen and oxygen atoms in total. The van der Waals surface area contributed by atoms with E-state index < -0.39 is 35.4 Å². The summed E-state index contributed by atoms with van der Waals surface area (Å²) in [5.74, 6) is -6.57. The Hall–Kier alpha value is -4.07. The highest BCUT2D eigenvalue weighted by Gasteiger charge is 2.33. The van der Waals surface area contributed by atoms with Crippen LogP contribution in [0, 0.1) is 0 Å². The fourth-order valence-electron chi connectivity index (χ4n) is 3.27. The second-order valence-electron chi connectivity index (χ2n) is 8.11. The molecule has 1 atom stereocenters. The van der Waals surface area contributed by atoms with Gasteiger partial charge in [0.05, 0.1) is 39.5 Å². The van der Waals surface area contributed by atoms with Gasteiger partial charge in [-0.25, -0.2) is 4.79 Å². The van der Waals surface area contributed by atoms with Crippen molar-refractivity contribution in [1.29, 1.82) is 0 Å². The van der Waals surface area contributed by atoms with Crippen LogP contribution in [0.15, 0.2) is 58.4 Å². The number of pyridine rings is 2. The van der Waals surface area contributed by atoms with Gasteiger partial charge in [0.15, 0.2) is 0 Å². The molecule has 222 valence electrons. The van der Waals surface area contributed by atoms with Gasteiger partial charge >= 0.3 is 17.9 Å². The van der Waals surface area contributed by atoms with Gasteiger partial charge in [0.2, 0.25) is 0 Å². The van der Waals surface area contributed by atoms with Crippen LogP contribution in [0.25, 0.3) is 5.52 Å². The zero-order chi connectivity index (χ0) is 31.3. The van der Waals surface area contributed by atoms with E-state index in [1.165, 1.54) is 41.1 Å². The molecule has 1 aromatic carbocycles. The van der Waals surface area contributed by atoms with E-state index in [-0.39, 0.29) is 12.0 Å². The fraction of sp³-hybridized carbons (Fsp3) is 0.269. The monoisotopic (exact) mass is 616 g/mol. The maximum atomic E-state index is 12.8. The summed E-state index contributed by atoms with van der Waals surface area (Å²) in [5, 5.41) is 12.5. The first-order chi connectivity index (χ1) is 19.2. The number of nitrogens with zero attached hydrogens (tertiary/aromatic N) is 2. The third-order valence-electron chi connectivity index (χ3n) is 5.02. The Morgan fingerprint density at radius 2 is 1.78 bits per heavy atom. The Balaban J connectivity index is 0.000000725. The number of aromatic nitrogens is 1. The molecular weight excluding hydrogens is 587 g/mol. The van der Waals surface area contributed by atoms with Crippen LogP contribution < -0.4 is 22.3 Å². The van der Waals surface area contributed by atoms with Gasteiger partial charge in [-0.15, -0.1) is 0 Å². The first kappa shape index (κ1) is 35.0. The number of benzene rings is 1. The van der Waals surface area contributed by atoms with Crippen molar-refractivity contribution in [2.24, 2.45) is 10.7 Å². The number of carboxylic acids is 1. The summed E-state index contributed by atoms with van der Waals surface area (Å²) in [6.07, 6.45) is 2.41. The molecule has 2 heterocycles. The number of carbonyl (C=O) groups is 3. The largest absolute Gasteiger partial charge is 0.481 e. The van der Waals surface area contributed by atoms with Crippen molar-refractivity contribution >= 4 is 52.9 Å². The van der Waals surface area contributed by atoms with Crippen LogP contribution in [-0.2, 0) is 20.9 Å². The van der Waals surface area contributed by atoms with E-state index >= 15 is 0 Å². The van der Waals surface area contributed by atoms with Crippen LogP contribution in [-0.4, -0.2) is 53.8 Å². The number of halogens is 4. The lowest BCUT2D eigenvalue weighted by molar-refractivity contribution is -0.325. The molecule has 1 amide bonds. The summed E-state index contributed by atoms with van der Waals surface area (Å²) in [7, 11) is 2.67. The van der Waals surface area contributed by atoms with E-state index in [0.717, 1.165) is 12.7 Å². The Bertz CT molecular complexity index is 1440. The quantitative estimate of drug-likeness (QED) is 0.170. The second-order valence-corrected chi connectivity index (χ2v) is 8.98. The average molecular weight is 617 g/mol. The molecule has 0 saturated carbocycles. The number of aliphatic imine (C=N–C) groups is 1. The van der Waals surface area contributed by atoms with Crippen LogP contribution in [0.2, 0.25) is 10.0 Å². The van der Waals surface area contributed by atoms with Gasteiger partial charge in [0.1, 0.15) is 0 Å². The van der Waals surface area contributed by atoms with Crippen LogP contribution in [0.1, 0.15) is 40.9 Å². The number of quaternary nitrogens is 1. The SMILES string of the molecule is COC(=O)C(C)(F)F.C[NH3+].NC=NCc1ccc2cc(C(=O)NC(CC(=O)O)c3cc(Cl)cc(Cl)c3)cc(=O)n2c1. The minimum atomic E-state index is -3.35. The smallest absolute Gasteiger partial charge is 0.376 e. The van der Waals surface area contributed by atoms with Gasteiger partial charge in [0, 0.05) is 40.3 Å². The molecule has 0 saturated heterocycles. The maximum absolute atomic E-state index is 12.8. The van der Waals surface area contributed by atoms with Gasteiger partial charge in [-0.05, 0) is 41.5 Å². The maximum Gasteiger partial charge on any atom is 0.376 e. The molecule has 0 aliphatic carbocycles. The second kappa shape index (κ2) is 16.3. The molecule has 0 bridgehead atoms. The predicted octanol–water partition coefficient (Wildman–Crippen LogP) is 2.71. The fourth-order valence-corrected chi connectivity index (χ4v) is 3.82. The van der Waals surface area contributed by atoms with Crippen molar-refractivity contribution in [1.82, 2.24) is 9.72 Å². The van der Waals surface area contributed by atoms with Crippen molar-refractivity contribution in [3.8, 4) is 0 Å². The summed E-state index contributed by atoms with van der Waals surface area (Å²) >= 11 is 12.0. The molecule has 0 aliphatic rings.